The molecule has 0 fully saturated rings. The molecule has 4 heteroatoms. The molecule has 0 unspecified atom stereocenters. The molecule has 0 saturated heterocycles. The van der Waals surface area contributed by atoms with Crippen LogP contribution in [0.1, 0.15) is 38.3 Å². The van der Waals surface area contributed by atoms with E-state index in [0.29, 0.717) is 13.0 Å². The highest BCUT2D eigenvalue weighted by Crippen LogP contribution is 2.28. The van der Waals surface area contributed by atoms with Crippen molar-refractivity contribution < 1.29 is 14.3 Å². The molecular weight excluding hydrogens is 254 g/mol. The van der Waals surface area contributed by atoms with Crippen molar-refractivity contribution in [2.75, 3.05) is 19.0 Å². The van der Waals surface area contributed by atoms with Crippen molar-refractivity contribution in [2.24, 2.45) is 0 Å². The standard InChI is InChI=1S/C16H25NO3/c1-7-16(5,19-6)15(18)17-13-9-11(3)14(20-8-2)12(4)10-13/h9-10H,7-8H2,1-6H3,(H,17,18)/t16-/m1/s1. The van der Waals surface area contributed by atoms with Crippen LogP contribution < -0.4 is 10.1 Å². The largest absolute Gasteiger partial charge is 0.493 e. The Morgan fingerprint density at radius 2 is 1.80 bits per heavy atom. The highest BCUT2D eigenvalue weighted by molar-refractivity contribution is 5.97. The van der Waals surface area contributed by atoms with E-state index in [0.717, 1.165) is 22.6 Å². The van der Waals surface area contributed by atoms with E-state index >= 15 is 0 Å². The molecule has 0 radical (unpaired) electrons. The third-order valence-electron chi connectivity index (χ3n) is 3.61. The van der Waals surface area contributed by atoms with Crippen LogP contribution >= 0.6 is 0 Å². The predicted molar refractivity (Wildman–Crippen MR) is 81.4 cm³/mol. The van der Waals surface area contributed by atoms with Gasteiger partial charge in [-0.25, -0.2) is 0 Å². The van der Waals surface area contributed by atoms with E-state index in [4.69, 9.17) is 9.47 Å². The zero-order chi connectivity index (χ0) is 15.3. The van der Waals surface area contributed by atoms with Crippen LogP contribution in [-0.2, 0) is 9.53 Å². The van der Waals surface area contributed by atoms with Crippen LogP contribution in [0.15, 0.2) is 12.1 Å². The number of carbonyl (C=O) groups excluding carboxylic acids is 1. The summed E-state index contributed by atoms with van der Waals surface area (Å²) in [5.41, 5.74) is 1.99. The Morgan fingerprint density at radius 3 is 2.20 bits per heavy atom. The number of hydrogen-bond donors (Lipinski definition) is 1. The molecule has 1 rings (SSSR count). The summed E-state index contributed by atoms with van der Waals surface area (Å²) >= 11 is 0. The number of hydrogen-bond acceptors (Lipinski definition) is 3. The summed E-state index contributed by atoms with van der Waals surface area (Å²) in [4.78, 5) is 12.3. The van der Waals surface area contributed by atoms with Crippen LogP contribution in [0, 0.1) is 13.8 Å². The first-order chi connectivity index (χ1) is 9.37. The summed E-state index contributed by atoms with van der Waals surface area (Å²) in [5.74, 6) is 0.751. The molecule has 0 spiro atoms. The van der Waals surface area contributed by atoms with Gasteiger partial charge in [0.15, 0.2) is 0 Å². The molecule has 0 heterocycles. The summed E-state index contributed by atoms with van der Waals surface area (Å²) in [6.45, 7) is 10.3. The Labute approximate surface area is 121 Å². The maximum Gasteiger partial charge on any atom is 0.256 e. The van der Waals surface area contributed by atoms with Gasteiger partial charge in [-0.3, -0.25) is 4.79 Å². The highest BCUT2D eigenvalue weighted by atomic mass is 16.5. The predicted octanol–water partition coefficient (Wildman–Crippen LogP) is 3.46. The van der Waals surface area contributed by atoms with Gasteiger partial charge in [0.05, 0.1) is 6.61 Å². The minimum absolute atomic E-state index is 0.134. The van der Waals surface area contributed by atoms with E-state index in [1.165, 1.54) is 0 Å². The molecule has 4 nitrogen and oxygen atoms in total. The minimum Gasteiger partial charge on any atom is -0.493 e. The van der Waals surface area contributed by atoms with Crippen molar-refractivity contribution in [2.45, 2.75) is 46.6 Å². The van der Waals surface area contributed by atoms with Gasteiger partial charge in [0.25, 0.3) is 5.91 Å². The Morgan fingerprint density at radius 1 is 1.25 bits per heavy atom. The summed E-state index contributed by atoms with van der Waals surface area (Å²) < 4.78 is 10.9. The van der Waals surface area contributed by atoms with Crippen LogP contribution in [0.25, 0.3) is 0 Å². The Bertz CT molecular complexity index is 456. The Kier molecular flexibility index (Phi) is 5.57. The molecule has 0 aliphatic heterocycles. The molecular formula is C16H25NO3. The number of methoxy groups -OCH3 is 1. The fraction of sp³-hybridized carbons (Fsp3) is 0.562. The number of rotatable bonds is 6. The second-order valence-electron chi connectivity index (χ2n) is 5.11. The van der Waals surface area contributed by atoms with Crippen LogP contribution in [0.5, 0.6) is 5.75 Å². The molecule has 1 N–H and O–H groups in total. The van der Waals surface area contributed by atoms with Crippen molar-refractivity contribution in [1.82, 2.24) is 0 Å². The van der Waals surface area contributed by atoms with Crippen molar-refractivity contribution in [3.05, 3.63) is 23.3 Å². The number of aryl methyl sites for hydroxylation is 2. The van der Waals surface area contributed by atoms with Gasteiger partial charge in [0.1, 0.15) is 11.4 Å². The minimum atomic E-state index is -0.805. The van der Waals surface area contributed by atoms with Crippen LogP contribution in [0.4, 0.5) is 5.69 Å². The number of anilines is 1. The first kappa shape index (κ1) is 16.5. The molecule has 1 aromatic carbocycles. The third-order valence-corrected chi connectivity index (χ3v) is 3.61. The van der Waals surface area contributed by atoms with Crippen LogP contribution in [-0.4, -0.2) is 25.2 Å². The number of nitrogens with one attached hydrogen (secondary N) is 1. The molecule has 0 bridgehead atoms. The molecule has 20 heavy (non-hydrogen) atoms. The fourth-order valence-electron chi connectivity index (χ4n) is 2.06. The number of benzene rings is 1. The normalized spacial score (nSPS) is 13.7. The molecule has 1 aromatic rings. The Balaban J connectivity index is 2.97. The van der Waals surface area contributed by atoms with Gasteiger partial charge < -0.3 is 14.8 Å². The van der Waals surface area contributed by atoms with Gasteiger partial charge in [-0.2, -0.15) is 0 Å². The van der Waals surface area contributed by atoms with E-state index < -0.39 is 5.60 Å². The lowest BCUT2D eigenvalue weighted by Crippen LogP contribution is -2.41. The van der Waals surface area contributed by atoms with Gasteiger partial charge in [0, 0.05) is 12.8 Å². The van der Waals surface area contributed by atoms with Crippen molar-refractivity contribution in [3.8, 4) is 5.75 Å². The molecule has 0 saturated carbocycles. The summed E-state index contributed by atoms with van der Waals surface area (Å²) in [5, 5.41) is 2.92. The maximum absolute atomic E-state index is 12.3. The summed E-state index contributed by atoms with van der Waals surface area (Å²) in [6, 6.07) is 3.84. The van der Waals surface area contributed by atoms with Crippen LogP contribution in [0.3, 0.4) is 0 Å². The van der Waals surface area contributed by atoms with E-state index in [2.05, 4.69) is 5.32 Å². The molecule has 0 aliphatic carbocycles. The molecule has 0 aliphatic rings. The lowest BCUT2D eigenvalue weighted by atomic mass is 10.0. The maximum atomic E-state index is 12.3. The second kappa shape index (κ2) is 6.75. The molecule has 0 aromatic heterocycles. The van der Waals surface area contributed by atoms with E-state index in [1.807, 2.05) is 39.8 Å². The SMILES string of the molecule is CCOc1c(C)cc(NC(=O)[C@@](C)(CC)OC)cc1C. The second-order valence-corrected chi connectivity index (χ2v) is 5.11. The monoisotopic (exact) mass is 279 g/mol. The van der Waals surface area contributed by atoms with E-state index in [-0.39, 0.29) is 5.91 Å². The average molecular weight is 279 g/mol. The Hall–Kier alpha value is -1.55. The molecule has 112 valence electrons. The smallest absolute Gasteiger partial charge is 0.256 e. The zero-order valence-corrected chi connectivity index (χ0v) is 13.3. The van der Waals surface area contributed by atoms with Crippen molar-refractivity contribution >= 4 is 11.6 Å². The number of amides is 1. The quantitative estimate of drug-likeness (QED) is 0.867. The van der Waals surface area contributed by atoms with Gasteiger partial charge in [-0.15, -0.1) is 0 Å². The summed E-state index contributed by atoms with van der Waals surface area (Å²) in [6.07, 6.45) is 0.615. The lowest BCUT2D eigenvalue weighted by Gasteiger charge is -2.25. The van der Waals surface area contributed by atoms with E-state index in [1.54, 1.807) is 14.0 Å². The topological polar surface area (TPSA) is 47.6 Å². The first-order valence-electron chi connectivity index (χ1n) is 6.98. The number of carbonyl (C=O) groups is 1. The molecule has 1 atom stereocenters. The average Bonchev–Trinajstić information content (AvgIpc) is 2.41. The van der Waals surface area contributed by atoms with Crippen molar-refractivity contribution in [1.29, 1.82) is 0 Å². The first-order valence-corrected chi connectivity index (χ1v) is 6.98. The molecule has 1 amide bonds. The highest BCUT2D eigenvalue weighted by Gasteiger charge is 2.31. The third kappa shape index (κ3) is 3.51. The van der Waals surface area contributed by atoms with Gasteiger partial charge in [0.2, 0.25) is 0 Å². The van der Waals surface area contributed by atoms with Crippen molar-refractivity contribution in [3.63, 3.8) is 0 Å². The summed E-state index contributed by atoms with van der Waals surface area (Å²) in [7, 11) is 1.55. The van der Waals surface area contributed by atoms with Gasteiger partial charge in [-0.05, 0) is 57.4 Å². The lowest BCUT2D eigenvalue weighted by molar-refractivity contribution is -0.136. The fourth-order valence-corrected chi connectivity index (χ4v) is 2.06. The van der Waals surface area contributed by atoms with Gasteiger partial charge in [-0.1, -0.05) is 6.92 Å². The zero-order valence-electron chi connectivity index (χ0n) is 13.3. The van der Waals surface area contributed by atoms with Crippen LogP contribution in [0.2, 0.25) is 0 Å². The van der Waals surface area contributed by atoms with Gasteiger partial charge >= 0.3 is 0 Å². The number of ether oxygens (including phenoxy) is 2. The van der Waals surface area contributed by atoms with E-state index in [9.17, 15) is 4.79 Å².